The summed E-state index contributed by atoms with van der Waals surface area (Å²) in [5.74, 6) is -0.364. The van der Waals surface area contributed by atoms with Crippen LogP contribution in [0.4, 0.5) is 0 Å². The van der Waals surface area contributed by atoms with Crippen LogP contribution < -0.4 is 5.32 Å². The normalized spacial score (nSPS) is 14.8. The highest BCUT2D eigenvalue weighted by Gasteiger charge is 2.25. The summed E-state index contributed by atoms with van der Waals surface area (Å²) in [6.07, 6.45) is 43.1. The number of carbonyl (C=O) groups is 2. The Morgan fingerprint density at radius 3 is 1.46 bits per heavy atom. The molecule has 0 saturated carbocycles. The van der Waals surface area contributed by atoms with E-state index >= 15 is 0 Å². The van der Waals surface area contributed by atoms with E-state index in [1.165, 1.54) is 154 Å². The SMILES string of the molecule is [2H][Si]([B])(OC[C@H](NC(=O)CCCCCCCCCCCCC)[C@@H](/C=C/CCCCCCCCCCCCC)OC(=O)CCCCCCCCCCC)P[3H]. The van der Waals surface area contributed by atoms with E-state index in [0.29, 0.717) is 12.8 Å². The summed E-state index contributed by atoms with van der Waals surface area (Å²) in [6, 6.07) is -0.650. The molecule has 52 heavy (non-hydrogen) atoms. The van der Waals surface area contributed by atoms with E-state index in [4.69, 9.17) is 19.1 Å². The first-order valence-electron chi connectivity index (χ1n) is 23.6. The van der Waals surface area contributed by atoms with Crippen molar-refractivity contribution in [3.8, 4) is 0 Å². The van der Waals surface area contributed by atoms with Gasteiger partial charge >= 0.3 is 5.97 Å². The average Bonchev–Trinajstić information content (AvgIpc) is 3.16. The van der Waals surface area contributed by atoms with Crippen LogP contribution >= 0.6 is 8.73 Å². The van der Waals surface area contributed by atoms with E-state index in [2.05, 4.69) is 32.2 Å². The molecule has 0 rings (SSSR count). The lowest BCUT2D eigenvalue weighted by Gasteiger charge is -2.27. The van der Waals surface area contributed by atoms with Gasteiger partial charge in [0, 0.05) is 14.1 Å². The standard InChI is InChI=1S/C44H87BNO4PSi/c1-4-7-10-13-16-19-21-22-24-26-28-31-34-37-42(50-44(48)39-36-33-30-25-18-15-12-9-6-3)41(40-49-52(45)51)46-43(47)38-35-32-29-27-23-20-17-14-11-8-5-2/h34,37,41-42,52H,4-33,35-36,38-40,51H2,1-3H3,(H,46,47)/b37-34+/t41-,42+,52?/m0/s1/i51T,52D/t41-,42+,51?,52?. The number of unbranched alkanes of at least 4 members (excludes halogenated alkanes) is 29. The van der Waals surface area contributed by atoms with Gasteiger partial charge in [-0.25, -0.2) is 0 Å². The predicted molar refractivity (Wildman–Crippen MR) is 234 cm³/mol. The summed E-state index contributed by atoms with van der Waals surface area (Å²) in [7, 11) is 2.03. The molecule has 1 amide bonds. The molecule has 0 saturated heterocycles. The summed E-state index contributed by atoms with van der Waals surface area (Å²) in [6.45, 7) is 6.71. The lowest BCUT2D eigenvalue weighted by molar-refractivity contribution is -0.149. The first-order valence-corrected chi connectivity index (χ1v) is 25.5. The number of ether oxygens (including phenoxy) is 1. The first-order chi connectivity index (χ1) is 26.3. The van der Waals surface area contributed by atoms with Crippen molar-refractivity contribution in [2.75, 3.05) is 6.61 Å². The van der Waals surface area contributed by atoms with Crippen LogP contribution in [-0.2, 0) is 18.8 Å². The van der Waals surface area contributed by atoms with Crippen molar-refractivity contribution in [3.05, 3.63) is 12.2 Å². The summed E-state index contributed by atoms with van der Waals surface area (Å²) < 4.78 is 27.8. The van der Waals surface area contributed by atoms with Gasteiger partial charge in [-0.05, 0) is 31.8 Å². The topological polar surface area (TPSA) is 64.6 Å². The Bertz CT molecular complexity index is 872. The second kappa shape index (κ2) is 41.5. The van der Waals surface area contributed by atoms with Crippen LogP contribution in [0.1, 0.15) is 239 Å². The smallest absolute Gasteiger partial charge is 0.306 e. The molecular weight excluding hydrogens is 676 g/mol. The van der Waals surface area contributed by atoms with Gasteiger partial charge in [-0.1, -0.05) is 207 Å². The zero-order chi connectivity index (χ0) is 39.8. The van der Waals surface area contributed by atoms with E-state index in [1.807, 2.05) is 6.08 Å². The van der Waals surface area contributed by atoms with Crippen LogP contribution in [0.5, 0.6) is 0 Å². The van der Waals surface area contributed by atoms with Gasteiger partial charge in [-0.3, -0.25) is 9.59 Å². The summed E-state index contributed by atoms with van der Waals surface area (Å²) in [5.41, 5.74) is 0. The van der Waals surface area contributed by atoms with Gasteiger partial charge in [0.25, 0.3) is 0 Å². The highest BCUT2D eigenvalue weighted by atomic mass is 31.3. The van der Waals surface area contributed by atoms with Crippen molar-refractivity contribution in [1.29, 1.82) is 2.51 Å². The number of amides is 1. The molecule has 0 aliphatic carbocycles. The minimum Gasteiger partial charge on any atom is -0.456 e. The largest absolute Gasteiger partial charge is 0.456 e. The Morgan fingerprint density at radius 2 is 1.04 bits per heavy atom. The summed E-state index contributed by atoms with van der Waals surface area (Å²) >= 11 is 0. The zero-order valence-corrected chi connectivity index (χ0v) is 36.8. The molecule has 5 nitrogen and oxygen atoms in total. The van der Waals surface area contributed by atoms with Gasteiger partial charge in [0.1, 0.15) is 14.6 Å². The van der Waals surface area contributed by atoms with Crippen LogP contribution in [0.25, 0.3) is 0 Å². The molecule has 0 fully saturated rings. The fourth-order valence-electron chi connectivity index (χ4n) is 6.83. The fourth-order valence-corrected chi connectivity index (χ4v) is 7.44. The van der Waals surface area contributed by atoms with Gasteiger partial charge in [0.2, 0.25) is 5.91 Å². The first kappa shape index (κ1) is 47.5. The highest BCUT2D eigenvalue weighted by Crippen LogP contribution is 2.16. The Hall–Kier alpha value is -0.648. The molecule has 1 N–H and O–H groups in total. The average molecular weight is 767 g/mol. The van der Waals surface area contributed by atoms with Gasteiger partial charge in [-0.15, -0.1) is 8.73 Å². The number of nitrogens with one attached hydrogen (secondary N) is 1. The molecule has 2 unspecified atom stereocenters. The third-order valence-electron chi connectivity index (χ3n) is 10.2. The summed E-state index contributed by atoms with van der Waals surface area (Å²) in [5, 5.41) is 3.09. The van der Waals surface area contributed by atoms with Gasteiger partial charge in [0.05, 0.1) is 21.4 Å². The Labute approximate surface area is 332 Å². The highest BCUT2D eigenvalue weighted by molar-refractivity contribution is 7.70. The molecule has 0 aliphatic heterocycles. The lowest BCUT2D eigenvalue weighted by Crippen LogP contribution is -2.48. The van der Waals surface area contributed by atoms with Crippen LogP contribution in [0.15, 0.2) is 12.2 Å². The van der Waals surface area contributed by atoms with Crippen molar-refractivity contribution in [2.45, 2.75) is 251 Å². The molecule has 4 atom stereocenters. The number of hydrogen-bond acceptors (Lipinski definition) is 4. The Balaban J connectivity index is 5.10. The molecule has 0 aromatic carbocycles. The lowest BCUT2D eigenvalue weighted by atomic mass is 10.0. The fraction of sp³-hybridized carbons (Fsp3) is 0.909. The number of rotatable bonds is 42. The van der Waals surface area contributed by atoms with Crippen molar-refractivity contribution in [3.63, 3.8) is 0 Å². The molecular formula is C44H87BNO4PSi. The quantitative estimate of drug-likeness (QED) is 0.0221. The van der Waals surface area contributed by atoms with Crippen LogP contribution in [0.2, 0.25) is 0 Å². The van der Waals surface area contributed by atoms with Crippen molar-refractivity contribution < 1.29 is 18.8 Å². The van der Waals surface area contributed by atoms with E-state index in [-0.39, 0.29) is 18.5 Å². The van der Waals surface area contributed by atoms with Crippen molar-refractivity contribution >= 4 is 36.6 Å². The molecule has 0 aliphatic rings. The Kier molecular flexibility index (Phi) is 37.9. The third kappa shape index (κ3) is 37.7. The zero-order valence-electron chi connectivity index (χ0n) is 36.8. The van der Waals surface area contributed by atoms with Gasteiger partial charge in [-0.2, -0.15) is 0 Å². The predicted octanol–water partition coefficient (Wildman–Crippen LogP) is 13.0. The van der Waals surface area contributed by atoms with E-state index < -0.39 is 29.4 Å². The number of hydrogen-bond donors (Lipinski definition) is 1. The Morgan fingerprint density at radius 1 is 0.654 bits per heavy atom. The van der Waals surface area contributed by atoms with E-state index in [1.54, 1.807) is 0 Å². The molecule has 304 valence electrons. The second-order valence-corrected chi connectivity index (χ2v) is 17.9. The molecule has 0 aromatic rings. The minimum atomic E-state index is -3.42. The van der Waals surface area contributed by atoms with Crippen LogP contribution in [0, 0.1) is 0 Å². The minimum absolute atomic E-state index is 0.0408. The molecule has 8 heteroatoms. The van der Waals surface area contributed by atoms with Crippen molar-refractivity contribution in [2.24, 2.45) is 0 Å². The van der Waals surface area contributed by atoms with Crippen LogP contribution in [-0.4, -0.2) is 49.1 Å². The molecule has 0 heterocycles. The maximum absolute atomic E-state index is 13.2. The molecule has 0 aromatic heterocycles. The number of allylic oxidation sites excluding steroid dienone is 1. The number of esters is 1. The molecule has 2 radical (unpaired) electrons. The second-order valence-electron chi connectivity index (χ2n) is 15.4. The van der Waals surface area contributed by atoms with Crippen molar-refractivity contribution in [1.82, 2.24) is 5.32 Å². The monoisotopic (exact) mass is 767 g/mol. The third-order valence-corrected chi connectivity index (χ3v) is 11.1. The van der Waals surface area contributed by atoms with E-state index in [9.17, 15) is 9.59 Å². The summed E-state index contributed by atoms with van der Waals surface area (Å²) in [4.78, 5) is 26.3. The van der Waals surface area contributed by atoms with Gasteiger partial charge in [0.15, 0.2) is 0 Å². The van der Waals surface area contributed by atoms with E-state index in [0.717, 1.165) is 51.4 Å². The van der Waals surface area contributed by atoms with Crippen LogP contribution in [0.3, 0.4) is 0 Å². The van der Waals surface area contributed by atoms with Gasteiger partial charge < -0.3 is 14.5 Å². The maximum Gasteiger partial charge on any atom is 0.306 e. The number of carbonyl (C=O) groups excluding carboxylic acids is 2. The molecule has 0 spiro atoms. The molecule has 0 bridgehead atoms. The maximum atomic E-state index is 13.2.